The van der Waals surface area contributed by atoms with E-state index in [4.69, 9.17) is 4.74 Å². The van der Waals surface area contributed by atoms with Crippen LogP contribution in [0.4, 0.5) is 10.1 Å². The zero-order valence-electron chi connectivity index (χ0n) is 19.7. The van der Waals surface area contributed by atoms with Crippen LogP contribution in [0.3, 0.4) is 0 Å². The number of fused-ring (bicyclic) bond motifs is 1. The molecule has 0 bridgehead atoms. The molecule has 1 amide bonds. The van der Waals surface area contributed by atoms with E-state index in [-0.39, 0.29) is 11.7 Å². The van der Waals surface area contributed by atoms with E-state index in [9.17, 15) is 9.18 Å². The third-order valence-corrected chi connectivity index (χ3v) is 7.48. The molecule has 0 unspecified atom stereocenters. The van der Waals surface area contributed by atoms with Crippen molar-refractivity contribution in [2.45, 2.75) is 37.3 Å². The first kappa shape index (κ1) is 23.7. The molecule has 3 aromatic rings. The van der Waals surface area contributed by atoms with Gasteiger partial charge < -0.3 is 15.0 Å². The number of aryl methyl sites for hydroxylation is 1. The van der Waals surface area contributed by atoms with E-state index in [0.29, 0.717) is 12.1 Å². The molecule has 2 heterocycles. The van der Waals surface area contributed by atoms with E-state index in [1.165, 1.54) is 25.0 Å². The molecule has 5 rings (SSSR count). The Balaban J connectivity index is 1.16. The Kier molecular flexibility index (Phi) is 7.52. The zero-order valence-corrected chi connectivity index (χ0v) is 20.5. The van der Waals surface area contributed by atoms with Crippen molar-refractivity contribution in [2.75, 3.05) is 30.3 Å². The van der Waals surface area contributed by atoms with Crippen LogP contribution in [0.1, 0.15) is 40.7 Å². The van der Waals surface area contributed by atoms with Gasteiger partial charge in [0.15, 0.2) is 0 Å². The smallest absolute Gasteiger partial charge is 0.254 e. The summed E-state index contributed by atoms with van der Waals surface area (Å²) >= 11 is 1.58. The molecule has 182 valence electrons. The first-order valence-electron chi connectivity index (χ1n) is 12.3. The summed E-state index contributed by atoms with van der Waals surface area (Å²) in [6.07, 6.45) is 6.14. The average Bonchev–Trinajstić information content (AvgIpc) is 3.71. The summed E-state index contributed by atoms with van der Waals surface area (Å²) in [7, 11) is 0. The number of halogens is 1. The maximum Gasteiger partial charge on any atom is 0.254 e. The number of hydrogen-bond donors (Lipinski definition) is 1. The second-order valence-electron chi connectivity index (χ2n) is 9.16. The summed E-state index contributed by atoms with van der Waals surface area (Å²) in [5.41, 5.74) is 3.89. The molecule has 2 aromatic carbocycles. The van der Waals surface area contributed by atoms with Gasteiger partial charge in [-0.25, -0.2) is 9.37 Å². The number of carbonyl (C=O) groups is 1. The second kappa shape index (κ2) is 11.1. The van der Waals surface area contributed by atoms with Gasteiger partial charge in [-0.1, -0.05) is 18.2 Å². The number of hydrogen-bond acceptors (Lipinski definition) is 5. The lowest BCUT2D eigenvalue weighted by atomic mass is 10.1. The van der Waals surface area contributed by atoms with Crippen molar-refractivity contribution in [1.29, 1.82) is 0 Å². The number of amides is 1. The van der Waals surface area contributed by atoms with Crippen LogP contribution in [0.5, 0.6) is 5.75 Å². The quantitative estimate of drug-likeness (QED) is 0.300. The van der Waals surface area contributed by atoms with Gasteiger partial charge in [-0.2, -0.15) is 0 Å². The number of rotatable bonds is 10. The van der Waals surface area contributed by atoms with Gasteiger partial charge in [0, 0.05) is 19.3 Å². The van der Waals surface area contributed by atoms with E-state index in [2.05, 4.69) is 21.3 Å². The highest BCUT2D eigenvalue weighted by atomic mass is 32.2. The molecule has 0 saturated heterocycles. The third kappa shape index (κ3) is 6.34. The van der Waals surface area contributed by atoms with Crippen LogP contribution in [-0.4, -0.2) is 36.3 Å². The van der Waals surface area contributed by atoms with Crippen molar-refractivity contribution in [2.24, 2.45) is 5.92 Å². The number of anilines is 1. The molecular weight excluding hydrogens is 461 g/mol. The minimum Gasteiger partial charge on any atom is -0.490 e. The fourth-order valence-corrected chi connectivity index (χ4v) is 5.22. The number of nitrogens with zero attached hydrogens (tertiary/aromatic N) is 2. The van der Waals surface area contributed by atoms with Gasteiger partial charge >= 0.3 is 0 Å². The van der Waals surface area contributed by atoms with Crippen molar-refractivity contribution < 1.29 is 13.9 Å². The van der Waals surface area contributed by atoms with E-state index >= 15 is 0 Å². The predicted octanol–water partition coefficient (Wildman–Crippen LogP) is 5.48. The first-order valence-corrected chi connectivity index (χ1v) is 13.3. The molecule has 0 atom stereocenters. The van der Waals surface area contributed by atoms with E-state index in [1.807, 2.05) is 30.3 Å². The summed E-state index contributed by atoms with van der Waals surface area (Å²) in [6, 6.07) is 16.4. The highest BCUT2D eigenvalue weighted by molar-refractivity contribution is 7.99. The van der Waals surface area contributed by atoms with Crippen LogP contribution >= 0.6 is 11.8 Å². The number of ether oxygens (including phenoxy) is 1. The molecule has 0 spiro atoms. The Hall–Kier alpha value is -3.06. The monoisotopic (exact) mass is 491 g/mol. The summed E-state index contributed by atoms with van der Waals surface area (Å²) < 4.78 is 18.9. The van der Waals surface area contributed by atoms with Crippen LogP contribution in [0.2, 0.25) is 0 Å². The number of carbonyl (C=O) groups excluding carboxylic acids is 1. The molecule has 5 nitrogen and oxygen atoms in total. The molecule has 35 heavy (non-hydrogen) atoms. The number of nitrogens with one attached hydrogen (secondary N) is 1. The van der Waals surface area contributed by atoms with Gasteiger partial charge in [-0.15, -0.1) is 11.8 Å². The number of benzene rings is 2. The fraction of sp³-hybridized carbons (Fsp3) is 0.357. The van der Waals surface area contributed by atoms with Crippen molar-refractivity contribution in [3.05, 3.63) is 83.3 Å². The minimum atomic E-state index is -0.216. The molecule has 0 radical (unpaired) electrons. The lowest BCUT2D eigenvalue weighted by molar-refractivity contribution is 0.0947. The summed E-state index contributed by atoms with van der Waals surface area (Å²) in [5, 5.41) is 3.80. The molecule has 1 fully saturated rings. The SMILES string of the molecule is O=C(NCc1ccc2c(c1)N(CC1CC1)CCO2)c1cccnc1SCCCc1ccc(F)cc1. The van der Waals surface area contributed by atoms with Crippen molar-refractivity contribution >= 4 is 23.4 Å². The Morgan fingerprint density at radius 3 is 2.80 bits per heavy atom. The van der Waals surface area contributed by atoms with Crippen LogP contribution in [0.25, 0.3) is 0 Å². The van der Waals surface area contributed by atoms with Crippen LogP contribution < -0.4 is 15.0 Å². The van der Waals surface area contributed by atoms with Crippen molar-refractivity contribution in [1.82, 2.24) is 10.3 Å². The number of thioether (sulfide) groups is 1. The molecule has 7 heteroatoms. The summed E-state index contributed by atoms with van der Waals surface area (Å²) in [6.45, 7) is 3.18. The van der Waals surface area contributed by atoms with Gasteiger partial charge in [0.2, 0.25) is 0 Å². The molecule has 1 aliphatic heterocycles. The largest absolute Gasteiger partial charge is 0.490 e. The highest BCUT2D eigenvalue weighted by Crippen LogP contribution is 2.37. The molecule has 2 aliphatic rings. The van der Waals surface area contributed by atoms with E-state index in [0.717, 1.165) is 71.8 Å². The Morgan fingerprint density at radius 1 is 1.14 bits per heavy atom. The second-order valence-corrected chi connectivity index (χ2v) is 10.2. The standard InChI is InChI=1S/C28H30FN3O2S/c29-23-10-7-20(8-11-23)3-2-16-35-28-24(4-1-13-30-28)27(33)31-18-22-9-12-26-25(17-22)32(14-15-34-26)19-21-5-6-21/h1,4,7-13,17,21H,2-3,5-6,14-16,18-19H2,(H,31,33). The van der Waals surface area contributed by atoms with Crippen LogP contribution in [0, 0.1) is 11.7 Å². The van der Waals surface area contributed by atoms with E-state index in [1.54, 1.807) is 24.0 Å². The van der Waals surface area contributed by atoms with Gasteiger partial charge in [0.05, 0.1) is 17.8 Å². The van der Waals surface area contributed by atoms with E-state index < -0.39 is 0 Å². The maximum atomic E-state index is 13.1. The topological polar surface area (TPSA) is 54.5 Å². The lowest BCUT2D eigenvalue weighted by Crippen LogP contribution is -2.34. The van der Waals surface area contributed by atoms with Gasteiger partial charge in [0.1, 0.15) is 23.2 Å². The number of aromatic nitrogens is 1. The molecule has 1 saturated carbocycles. The third-order valence-electron chi connectivity index (χ3n) is 6.39. The summed E-state index contributed by atoms with van der Waals surface area (Å²) in [4.78, 5) is 19.9. The molecular formula is C28H30FN3O2S. The molecule has 1 N–H and O–H groups in total. The maximum absolute atomic E-state index is 13.1. The molecule has 1 aliphatic carbocycles. The first-order chi connectivity index (χ1) is 17.2. The fourth-order valence-electron chi connectivity index (χ4n) is 4.28. The lowest BCUT2D eigenvalue weighted by Gasteiger charge is -2.31. The Bertz CT molecular complexity index is 1170. The van der Waals surface area contributed by atoms with Crippen LogP contribution in [-0.2, 0) is 13.0 Å². The number of pyridine rings is 1. The van der Waals surface area contributed by atoms with Gasteiger partial charge in [0.25, 0.3) is 5.91 Å². The normalized spacial score (nSPS) is 14.8. The Morgan fingerprint density at radius 2 is 1.97 bits per heavy atom. The van der Waals surface area contributed by atoms with Gasteiger partial charge in [-0.3, -0.25) is 4.79 Å². The predicted molar refractivity (Wildman–Crippen MR) is 138 cm³/mol. The summed E-state index contributed by atoms with van der Waals surface area (Å²) in [5.74, 6) is 2.23. The van der Waals surface area contributed by atoms with Gasteiger partial charge in [-0.05, 0) is 84.9 Å². The average molecular weight is 492 g/mol. The minimum absolute atomic E-state index is 0.122. The van der Waals surface area contributed by atoms with Crippen LogP contribution in [0.15, 0.2) is 65.8 Å². The zero-order chi connectivity index (χ0) is 24.0. The van der Waals surface area contributed by atoms with Crippen molar-refractivity contribution in [3.8, 4) is 5.75 Å². The highest BCUT2D eigenvalue weighted by Gasteiger charge is 2.27. The molecule has 1 aromatic heterocycles. The Labute approximate surface area is 210 Å². The van der Waals surface area contributed by atoms with Crippen molar-refractivity contribution in [3.63, 3.8) is 0 Å².